The van der Waals surface area contributed by atoms with E-state index >= 15 is 0 Å². The lowest BCUT2D eigenvalue weighted by atomic mass is 10.2. The highest BCUT2D eigenvalue weighted by Gasteiger charge is 2.18. The van der Waals surface area contributed by atoms with E-state index in [1.54, 1.807) is 24.3 Å². The first-order chi connectivity index (χ1) is 12.3. The fraction of sp³-hybridized carbons (Fsp3) is 0.222. The van der Waals surface area contributed by atoms with Gasteiger partial charge < -0.3 is 10.1 Å². The number of non-ortho nitro benzene ring substituents is 1. The number of thioether (sulfide) groups is 1. The van der Waals surface area contributed by atoms with Gasteiger partial charge in [0.15, 0.2) is 6.10 Å². The third-order valence-electron chi connectivity index (χ3n) is 3.40. The van der Waals surface area contributed by atoms with E-state index in [1.165, 1.54) is 30.8 Å². The highest BCUT2D eigenvalue weighted by molar-refractivity contribution is 8.00. The molecule has 26 heavy (non-hydrogen) atoms. The van der Waals surface area contributed by atoms with Crippen LogP contribution in [0.25, 0.3) is 0 Å². The summed E-state index contributed by atoms with van der Waals surface area (Å²) in [5.41, 5.74) is 1.69. The molecule has 0 saturated heterocycles. The molecule has 1 amide bonds. The summed E-state index contributed by atoms with van der Waals surface area (Å²) >= 11 is 1.18. The van der Waals surface area contributed by atoms with Gasteiger partial charge >= 0.3 is 5.97 Å². The maximum Gasteiger partial charge on any atom is 0.317 e. The number of carbonyl (C=O) groups excluding carboxylic acids is 2. The molecule has 2 aromatic carbocycles. The molecule has 136 valence electrons. The summed E-state index contributed by atoms with van der Waals surface area (Å²) in [5, 5.41) is 13.3. The summed E-state index contributed by atoms with van der Waals surface area (Å²) in [6.07, 6.45) is -0.929. The molecular weight excluding hydrogens is 356 g/mol. The van der Waals surface area contributed by atoms with Crippen molar-refractivity contribution in [3.05, 3.63) is 64.2 Å². The molecule has 0 heterocycles. The first kappa shape index (κ1) is 19.5. The van der Waals surface area contributed by atoms with Gasteiger partial charge in [-0.25, -0.2) is 0 Å². The second kappa shape index (κ2) is 9.00. The van der Waals surface area contributed by atoms with E-state index in [9.17, 15) is 19.7 Å². The molecule has 0 radical (unpaired) electrons. The zero-order valence-corrected chi connectivity index (χ0v) is 15.1. The number of ether oxygens (including phenoxy) is 1. The molecule has 7 nitrogen and oxygen atoms in total. The topological polar surface area (TPSA) is 98.5 Å². The average Bonchev–Trinajstić information content (AvgIpc) is 2.62. The van der Waals surface area contributed by atoms with Crippen molar-refractivity contribution in [3.63, 3.8) is 0 Å². The van der Waals surface area contributed by atoms with Crippen molar-refractivity contribution < 1.29 is 19.2 Å². The number of hydrogen-bond acceptors (Lipinski definition) is 6. The smallest absolute Gasteiger partial charge is 0.317 e. The summed E-state index contributed by atoms with van der Waals surface area (Å²) in [6.45, 7) is 3.44. The number of nitrogens with one attached hydrogen (secondary N) is 1. The van der Waals surface area contributed by atoms with Crippen LogP contribution >= 0.6 is 11.8 Å². The second-order valence-corrected chi connectivity index (χ2v) is 6.58. The Kier molecular flexibility index (Phi) is 6.74. The lowest BCUT2D eigenvalue weighted by Gasteiger charge is -2.13. The molecule has 2 aromatic rings. The Balaban J connectivity index is 1.79. The van der Waals surface area contributed by atoms with Gasteiger partial charge in [-0.05, 0) is 38.1 Å². The molecule has 2 rings (SSSR count). The molecule has 0 saturated carbocycles. The Hall–Kier alpha value is -2.87. The van der Waals surface area contributed by atoms with Crippen LogP contribution < -0.4 is 5.32 Å². The van der Waals surface area contributed by atoms with E-state index in [0.29, 0.717) is 10.6 Å². The van der Waals surface area contributed by atoms with Gasteiger partial charge in [0.2, 0.25) is 0 Å². The van der Waals surface area contributed by atoms with Gasteiger partial charge in [0.25, 0.3) is 11.6 Å². The number of esters is 1. The summed E-state index contributed by atoms with van der Waals surface area (Å²) in [6, 6.07) is 13.1. The number of aryl methyl sites for hydroxylation is 1. The Labute approximate surface area is 154 Å². The number of rotatable bonds is 7. The third-order valence-corrected chi connectivity index (χ3v) is 4.39. The van der Waals surface area contributed by atoms with Gasteiger partial charge in [-0.15, -0.1) is 11.8 Å². The fourth-order valence-corrected chi connectivity index (χ4v) is 2.65. The van der Waals surface area contributed by atoms with Crippen molar-refractivity contribution >= 4 is 35.0 Å². The predicted molar refractivity (Wildman–Crippen MR) is 99.2 cm³/mol. The van der Waals surface area contributed by atoms with E-state index in [0.717, 1.165) is 5.56 Å². The standard InChI is InChI=1S/C18H18N2O5S/c1-12-3-5-14(6-4-12)19-18(22)13(2)25-17(21)11-26-16-9-7-15(8-10-16)20(23)24/h3-10,13H,11H2,1-2H3,(H,19,22)/t13-/m0/s1. The van der Waals surface area contributed by atoms with E-state index in [1.807, 2.05) is 19.1 Å². The first-order valence-electron chi connectivity index (χ1n) is 7.79. The van der Waals surface area contributed by atoms with E-state index in [4.69, 9.17) is 4.74 Å². The molecule has 0 bridgehead atoms. The molecule has 1 N–H and O–H groups in total. The lowest BCUT2D eigenvalue weighted by Crippen LogP contribution is -2.30. The van der Waals surface area contributed by atoms with Gasteiger partial charge in [0.1, 0.15) is 0 Å². The minimum atomic E-state index is -0.929. The van der Waals surface area contributed by atoms with Crippen molar-refractivity contribution in [2.45, 2.75) is 24.8 Å². The maximum absolute atomic E-state index is 12.0. The lowest BCUT2D eigenvalue weighted by molar-refractivity contribution is -0.384. The summed E-state index contributed by atoms with van der Waals surface area (Å²) in [7, 11) is 0. The van der Waals surface area contributed by atoms with Crippen LogP contribution in [0.1, 0.15) is 12.5 Å². The summed E-state index contributed by atoms with van der Waals surface area (Å²) < 4.78 is 5.11. The number of benzene rings is 2. The van der Waals surface area contributed by atoms with Crippen molar-refractivity contribution in [1.29, 1.82) is 0 Å². The number of nitro benzene ring substituents is 1. The number of nitro groups is 1. The van der Waals surface area contributed by atoms with Crippen molar-refractivity contribution in [2.75, 3.05) is 11.1 Å². The van der Waals surface area contributed by atoms with Crippen LogP contribution in [0.2, 0.25) is 0 Å². The van der Waals surface area contributed by atoms with E-state index < -0.39 is 22.9 Å². The molecule has 0 aliphatic heterocycles. The highest BCUT2D eigenvalue weighted by Crippen LogP contribution is 2.21. The van der Waals surface area contributed by atoms with Crippen LogP contribution in [0.15, 0.2) is 53.4 Å². The molecule has 0 aliphatic rings. The number of carbonyl (C=O) groups is 2. The number of anilines is 1. The monoisotopic (exact) mass is 374 g/mol. The molecule has 0 spiro atoms. The summed E-state index contributed by atoms with van der Waals surface area (Å²) in [5.74, 6) is -0.956. The minimum Gasteiger partial charge on any atom is -0.452 e. The molecule has 1 atom stereocenters. The van der Waals surface area contributed by atoms with Crippen LogP contribution in [-0.4, -0.2) is 28.7 Å². The van der Waals surface area contributed by atoms with Crippen molar-refractivity contribution in [3.8, 4) is 0 Å². The van der Waals surface area contributed by atoms with Gasteiger partial charge in [0, 0.05) is 22.7 Å². The fourth-order valence-electron chi connectivity index (χ4n) is 1.97. The Morgan fingerprint density at radius 3 is 2.35 bits per heavy atom. The van der Waals surface area contributed by atoms with Crippen LogP contribution in [0.4, 0.5) is 11.4 Å². The largest absolute Gasteiger partial charge is 0.452 e. The average molecular weight is 374 g/mol. The van der Waals surface area contributed by atoms with Crippen LogP contribution in [0.5, 0.6) is 0 Å². The molecule has 0 fully saturated rings. The zero-order chi connectivity index (χ0) is 19.1. The van der Waals surface area contributed by atoms with Crippen LogP contribution in [0.3, 0.4) is 0 Å². The molecule has 0 aromatic heterocycles. The minimum absolute atomic E-state index is 0.0000371. The summed E-state index contributed by atoms with van der Waals surface area (Å²) in [4.78, 5) is 34.7. The van der Waals surface area contributed by atoms with Crippen molar-refractivity contribution in [1.82, 2.24) is 0 Å². The number of amides is 1. The predicted octanol–water partition coefficient (Wildman–Crippen LogP) is 3.57. The SMILES string of the molecule is Cc1ccc(NC(=O)[C@H](C)OC(=O)CSc2ccc([N+](=O)[O-])cc2)cc1. The zero-order valence-electron chi connectivity index (χ0n) is 14.3. The molecule has 0 aliphatic carbocycles. The molecule has 8 heteroatoms. The van der Waals surface area contributed by atoms with E-state index in [-0.39, 0.29) is 11.4 Å². The second-order valence-electron chi connectivity index (χ2n) is 5.53. The first-order valence-corrected chi connectivity index (χ1v) is 8.78. The highest BCUT2D eigenvalue weighted by atomic mass is 32.2. The Morgan fingerprint density at radius 2 is 1.77 bits per heavy atom. The molecular formula is C18H18N2O5S. The third kappa shape index (κ3) is 5.89. The van der Waals surface area contributed by atoms with Crippen molar-refractivity contribution in [2.24, 2.45) is 0 Å². The van der Waals surface area contributed by atoms with Gasteiger partial charge in [-0.1, -0.05) is 17.7 Å². The quantitative estimate of drug-likeness (QED) is 0.344. The molecule has 0 unspecified atom stereocenters. The maximum atomic E-state index is 12.0. The van der Waals surface area contributed by atoms with Crippen LogP contribution in [-0.2, 0) is 14.3 Å². The van der Waals surface area contributed by atoms with Gasteiger partial charge in [-0.3, -0.25) is 19.7 Å². The number of hydrogen-bond donors (Lipinski definition) is 1. The normalized spacial score (nSPS) is 11.5. The van der Waals surface area contributed by atoms with E-state index in [2.05, 4.69) is 5.32 Å². The Bertz CT molecular complexity index is 790. The van der Waals surface area contributed by atoms with Gasteiger partial charge in [-0.2, -0.15) is 0 Å². The van der Waals surface area contributed by atoms with Crippen LogP contribution in [0, 0.1) is 17.0 Å². The van der Waals surface area contributed by atoms with Gasteiger partial charge in [0.05, 0.1) is 10.7 Å². The Morgan fingerprint density at radius 1 is 1.15 bits per heavy atom. The number of nitrogens with zero attached hydrogens (tertiary/aromatic N) is 1.